The van der Waals surface area contributed by atoms with Crippen molar-refractivity contribution >= 4 is 60.5 Å². The topological polar surface area (TPSA) is 16.4 Å². The summed E-state index contributed by atoms with van der Waals surface area (Å²) in [4.78, 5) is 2.35. The van der Waals surface area contributed by atoms with Crippen LogP contribution in [0, 0.1) is 0 Å². The molecule has 0 spiro atoms. The van der Waals surface area contributed by atoms with E-state index in [1.54, 1.807) is 0 Å². The Labute approximate surface area is 302 Å². The van der Waals surface area contributed by atoms with Crippen LogP contribution in [0.2, 0.25) is 0 Å². The Balaban J connectivity index is 1.07. The first-order valence-electron chi connectivity index (χ1n) is 17.8. The van der Waals surface area contributed by atoms with Gasteiger partial charge >= 0.3 is 0 Å². The maximum atomic E-state index is 6.35. The molecule has 0 aliphatic heterocycles. The third-order valence-corrected chi connectivity index (χ3v) is 10.3. The molecule has 0 saturated heterocycles. The van der Waals surface area contributed by atoms with Gasteiger partial charge in [0.2, 0.25) is 0 Å². The number of rotatable bonds is 6. The van der Waals surface area contributed by atoms with Gasteiger partial charge < -0.3 is 9.32 Å². The first-order valence-corrected chi connectivity index (χ1v) is 17.8. The molecule has 10 aromatic rings. The Kier molecular flexibility index (Phi) is 7.18. The van der Waals surface area contributed by atoms with Crippen molar-refractivity contribution in [1.29, 1.82) is 0 Å². The average molecular weight is 664 g/mol. The summed E-state index contributed by atoms with van der Waals surface area (Å²) >= 11 is 0. The van der Waals surface area contributed by atoms with E-state index in [1.807, 2.05) is 12.1 Å². The lowest BCUT2D eigenvalue weighted by Crippen LogP contribution is -2.10. The van der Waals surface area contributed by atoms with Gasteiger partial charge in [-0.15, -0.1) is 0 Å². The fourth-order valence-electron chi connectivity index (χ4n) is 7.69. The van der Waals surface area contributed by atoms with Crippen LogP contribution in [0.5, 0.6) is 0 Å². The second-order valence-corrected chi connectivity index (χ2v) is 13.3. The van der Waals surface area contributed by atoms with E-state index < -0.39 is 0 Å². The van der Waals surface area contributed by atoms with Crippen LogP contribution in [0.25, 0.3) is 76.9 Å². The fourth-order valence-corrected chi connectivity index (χ4v) is 7.69. The summed E-state index contributed by atoms with van der Waals surface area (Å²) in [7, 11) is 0. The van der Waals surface area contributed by atoms with E-state index in [0.717, 1.165) is 39.0 Å². The van der Waals surface area contributed by atoms with E-state index >= 15 is 0 Å². The number of para-hydroxylation sites is 1. The average Bonchev–Trinajstić information content (AvgIpc) is 3.61. The Morgan fingerprint density at radius 2 is 0.885 bits per heavy atom. The molecule has 9 aromatic carbocycles. The first-order chi connectivity index (χ1) is 25.8. The standard InChI is InChI=1S/C50H33NO/c1-2-12-38-32-40(23-22-34(38)10-1)36-26-30-43(31-27-36)51(47-19-9-21-49-50(47)46-17-5-6-20-48(46)52-49)42-28-24-35(25-29-42)39-14-7-15-41(33-39)45-18-8-13-37-11-3-4-16-44(37)45/h1-33H. The molecule has 0 aliphatic rings. The van der Waals surface area contributed by atoms with Gasteiger partial charge in [0, 0.05) is 16.8 Å². The molecule has 0 aliphatic carbocycles. The van der Waals surface area contributed by atoms with Gasteiger partial charge in [0.15, 0.2) is 0 Å². The van der Waals surface area contributed by atoms with Gasteiger partial charge in [0.25, 0.3) is 0 Å². The molecule has 0 bridgehead atoms. The fraction of sp³-hybridized carbons (Fsp3) is 0. The Bertz CT molecular complexity index is 2890. The van der Waals surface area contributed by atoms with Crippen LogP contribution in [0.15, 0.2) is 205 Å². The number of furan rings is 1. The molecular weight excluding hydrogens is 631 g/mol. The van der Waals surface area contributed by atoms with Crippen molar-refractivity contribution in [2.24, 2.45) is 0 Å². The second-order valence-electron chi connectivity index (χ2n) is 13.3. The van der Waals surface area contributed by atoms with Gasteiger partial charge in [-0.1, -0.05) is 146 Å². The third-order valence-electron chi connectivity index (χ3n) is 10.3. The second kappa shape index (κ2) is 12.5. The van der Waals surface area contributed by atoms with Crippen molar-refractivity contribution in [3.63, 3.8) is 0 Å². The Morgan fingerprint density at radius 3 is 1.67 bits per heavy atom. The van der Waals surface area contributed by atoms with Crippen molar-refractivity contribution in [3.05, 3.63) is 200 Å². The summed E-state index contributed by atoms with van der Waals surface area (Å²) in [6, 6.07) is 71.7. The molecule has 1 heterocycles. The van der Waals surface area contributed by atoms with Crippen LogP contribution < -0.4 is 4.90 Å². The van der Waals surface area contributed by atoms with Crippen LogP contribution in [0.3, 0.4) is 0 Å². The van der Waals surface area contributed by atoms with Gasteiger partial charge in [-0.3, -0.25) is 0 Å². The summed E-state index contributed by atoms with van der Waals surface area (Å²) in [5.74, 6) is 0. The molecule has 52 heavy (non-hydrogen) atoms. The summed E-state index contributed by atoms with van der Waals surface area (Å²) in [5.41, 5.74) is 12.2. The summed E-state index contributed by atoms with van der Waals surface area (Å²) in [5, 5.41) is 7.21. The van der Waals surface area contributed by atoms with Crippen LogP contribution in [0.1, 0.15) is 0 Å². The summed E-state index contributed by atoms with van der Waals surface area (Å²) in [6.45, 7) is 0. The van der Waals surface area contributed by atoms with Crippen LogP contribution in [-0.2, 0) is 0 Å². The molecular formula is C50H33NO. The molecule has 0 unspecified atom stereocenters. The van der Waals surface area contributed by atoms with Crippen molar-refractivity contribution in [1.82, 2.24) is 0 Å². The lowest BCUT2D eigenvalue weighted by Gasteiger charge is -2.26. The molecule has 0 N–H and O–H groups in total. The quantitative estimate of drug-likeness (QED) is 0.176. The predicted octanol–water partition coefficient (Wildman–Crippen LogP) is 14.4. The summed E-state index contributed by atoms with van der Waals surface area (Å²) < 4.78 is 6.35. The van der Waals surface area contributed by atoms with Crippen molar-refractivity contribution < 1.29 is 4.42 Å². The third kappa shape index (κ3) is 5.21. The van der Waals surface area contributed by atoms with Crippen LogP contribution in [0.4, 0.5) is 17.1 Å². The van der Waals surface area contributed by atoms with Gasteiger partial charge in [-0.25, -0.2) is 0 Å². The number of hydrogen-bond acceptors (Lipinski definition) is 2. The maximum absolute atomic E-state index is 6.35. The molecule has 0 atom stereocenters. The Hall–Kier alpha value is -6.90. The highest BCUT2D eigenvalue weighted by Gasteiger charge is 2.19. The van der Waals surface area contributed by atoms with Crippen LogP contribution in [-0.4, -0.2) is 0 Å². The van der Waals surface area contributed by atoms with Crippen LogP contribution >= 0.6 is 0 Å². The lowest BCUT2D eigenvalue weighted by atomic mass is 9.95. The Morgan fingerprint density at radius 1 is 0.327 bits per heavy atom. The first kappa shape index (κ1) is 30.0. The molecule has 0 fully saturated rings. The van der Waals surface area contributed by atoms with Crippen molar-refractivity contribution in [2.45, 2.75) is 0 Å². The van der Waals surface area contributed by atoms with Crippen molar-refractivity contribution in [3.8, 4) is 33.4 Å². The van der Waals surface area contributed by atoms with Crippen molar-refractivity contribution in [2.75, 3.05) is 4.90 Å². The number of fused-ring (bicyclic) bond motifs is 5. The maximum Gasteiger partial charge on any atom is 0.137 e. The minimum Gasteiger partial charge on any atom is -0.456 e. The predicted molar refractivity (Wildman–Crippen MR) is 220 cm³/mol. The molecule has 0 amide bonds. The normalized spacial score (nSPS) is 11.5. The smallest absolute Gasteiger partial charge is 0.137 e. The van der Waals surface area contributed by atoms with Gasteiger partial charge in [0.05, 0.1) is 11.1 Å². The number of benzene rings is 9. The highest BCUT2D eigenvalue weighted by molar-refractivity contribution is 6.13. The highest BCUT2D eigenvalue weighted by atomic mass is 16.3. The number of nitrogens with zero attached hydrogens (tertiary/aromatic N) is 1. The molecule has 0 radical (unpaired) electrons. The molecule has 1 aromatic heterocycles. The molecule has 2 nitrogen and oxygen atoms in total. The van der Waals surface area contributed by atoms with E-state index in [0.29, 0.717) is 0 Å². The molecule has 244 valence electrons. The largest absolute Gasteiger partial charge is 0.456 e. The molecule has 10 rings (SSSR count). The minimum atomic E-state index is 0.873. The lowest BCUT2D eigenvalue weighted by molar-refractivity contribution is 0.669. The SMILES string of the molecule is c1cc(-c2ccc(N(c3ccc(-c4ccc5ccccc5c4)cc3)c3cccc4oc5ccccc5c34)cc2)cc(-c2cccc3ccccc23)c1. The number of anilines is 3. The monoisotopic (exact) mass is 663 g/mol. The van der Waals surface area contributed by atoms with Gasteiger partial charge in [-0.05, 0) is 110 Å². The zero-order valence-corrected chi connectivity index (χ0v) is 28.4. The van der Waals surface area contributed by atoms with E-state index in [9.17, 15) is 0 Å². The zero-order chi connectivity index (χ0) is 34.4. The highest BCUT2D eigenvalue weighted by Crippen LogP contribution is 2.44. The molecule has 0 saturated carbocycles. The van der Waals surface area contributed by atoms with Gasteiger partial charge in [-0.2, -0.15) is 0 Å². The summed E-state index contributed by atoms with van der Waals surface area (Å²) in [6.07, 6.45) is 0. The van der Waals surface area contributed by atoms with Gasteiger partial charge in [0.1, 0.15) is 11.2 Å². The van der Waals surface area contributed by atoms with E-state index in [4.69, 9.17) is 4.42 Å². The van der Waals surface area contributed by atoms with E-state index in [-0.39, 0.29) is 0 Å². The minimum absolute atomic E-state index is 0.873. The zero-order valence-electron chi connectivity index (χ0n) is 28.4. The number of hydrogen-bond donors (Lipinski definition) is 0. The molecule has 2 heteroatoms. The van der Waals surface area contributed by atoms with E-state index in [1.165, 1.54) is 54.9 Å². The van der Waals surface area contributed by atoms with E-state index in [2.05, 4.69) is 193 Å².